The van der Waals surface area contributed by atoms with E-state index in [1.54, 1.807) is 19.1 Å². The number of carbonyl (C=O) groups excluding carboxylic acids is 1. The number of hydrogen-bond donors (Lipinski definition) is 2. The average molecular weight is 266 g/mol. The molecule has 0 bridgehead atoms. The third kappa shape index (κ3) is 4.99. The summed E-state index contributed by atoms with van der Waals surface area (Å²) in [6, 6.07) is 4.69. The standard InChI is InChI=1S/C15H23FN2O/c1-11-12(16)5-4-6-13(11)18-14(19)7-8-15(2,3)9-10-17/h4-6H,7-10,17H2,1-3H3,(H,18,19). The average Bonchev–Trinajstić information content (AvgIpc) is 2.33. The van der Waals surface area contributed by atoms with Crippen LogP contribution in [0.2, 0.25) is 0 Å². The second-order valence-corrected chi connectivity index (χ2v) is 5.66. The second kappa shape index (κ2) is 6.66. The molecule has 1 amide bonds. The molecule has 0 radical (unpaired) electrons. The van der Waals surface area contributed by atoms with Crippen molar-refractivity contribution in [3.05, 3.63) is 29.6 Å². The Hall–Kier alpha value is -1.42. The number of carbonyl (C=O) groups is 1. The van der Waals surface area contributed by atoms with Crippen molar-refractivity contribution in [3.63, 3.8) is 0 Å². The van der Waals surface area contributed by atoms with Crippen molar-refractivity contribution in [1.82, 2.24) is 0 Å². The minimum absolute atomic E-state index is 0.0586. The van der Waals surface area contributed by atoms with Crippen molar-refractivity contribution in [2.24, 2.45) is 11.1 Å². The van der Waals surface area contributed by atoms with Crippen LogP contribution in [0.3, 0.4) is 0 Å². The Balaban J connectivity index is 2.54. The van der Waals surface area contributed by atoms with Gasteiger partial charge in [-0.25, -0.2) is 4.39 Å². The van der Waals surface area contributed by atoms with Gasteiger partial charge in [-0.2, -0.15) is 0 Å². The largest absolute Gasteiger partial charge is 0.330 e. The highest BCUT2D eigenvalue weighted by Gasteiger charge is 2.18. The summed E-state index contributed by atoms with van der Waals surface area (Å²) in [5.74, 6) is -0.389. The lowest BCUT2D eigenvalue weighted by Crippen LogP contribution is -2.21. The molecule has 19 heavy (non-hydrogen) atoms. The van der Waals surface area contributed by atoms with Gasteiger partial charge in [0.1, 0.15) is 5.82 Å². The zero-order valence-corrected chi connectivity index (χ0v) is 11.9. The van der Waals surface area contributed by atoms with Crippen molar-refractivity contribution >= 4 is 11.6 Å². The first-order valence-corrected chi connectivity index (χ1v) is 6.61. The van der Waals surface area contributed by atoms with Gasteiger partial charge >= 0.3 is 0 Å². The van der Waals surface area contributed by atoms with Gasteiger partial charge < -0.3 is 11.1 Å². The van der Waals surface area contributed by atoms with Gasteiger partial charge in [-0.15, -0.1) is 0 Å². The van der Waals surface area contributed by atoms with E-state index in [1.807, 2.05) is 0 Å². The van der Waals surface area contributed by atoms with E-state index in [2.05, 4.69) is 19.2 Å². The summed E-state index contributed by atoms with van der Waals surface area (Å²) in [5, 5.41) is 2.76. The van der Waals surface area contributed by atoms with Crippen LogP contribution in [0.4, 0.5) is 10.1 Å². The second-order valence-electron chi connectivity index (χ2n) is 5.66. The van der Waals surface area contributed by atoms with E-state index < -0.39 is 0 Å². The highest BCUT2D eigenvalue weighted by Crippen LogP contribution is 2.26. The first-order valence-electron chi connectivity index (χ1n) is 6.61. The first kappa shape index (κ1) is 15.6. The maximum Gasteiger partial charge on any atom is 0.224 e. The van der Waals surface area contributed by atoms with Gasteiger partial charge in [0, 0.05) is 17.7 Å². The number of anilines is 1. The molecule has 1 rings (SSSR count). The van der Waals surface area contributed by atoms with E-state index in [0.717, 1.165) is 12.8 Å². The molecule has 0 saturated heterocycles. The van der Waals surface area contributed by atoms with E-state index in [1.165, 1.54) is 6.07 Å². The number of nitrogens with one attached hydrogen (secondary N) is 1. The van der Waals surface area contributed by atoms with Crippen molar-refractivity contribution in [3.8, 4) is 0 Å². The maximum absolute atomic E-state index is 13.3. The number of benzene rings is 1. The summed E-state index contributed by atoms with van der Waals surface area (Å²) in [5.41, 5.74) is 6.61. The SMILES string of the molecule is Cc1c(F)cccc1NC(=O)CCC(C)(C)CCN. The Morgan fingerprint density at radius 1 is 1.37 bits per heavy atom. The summed E-state index contributed by atoms with van der Waals surface area (Å²) in [4.78, 5) is 11.9. The lowest BCUT2D eigenvalue weighted by atomic mass is 9.84. The van der Waals surface area contributed by atoms with Gasteiger partial charge in [0.15, 0.2) is 0 Å². The van der Waals surface area contributed by atoms with Crippen molar-refractivity contribution in [1.29, 1.82) is 0 Å². The molecule has 4 heteroatoms. The third-order valence-electron chi connectivity index (χ3n) is 3.39. The molecule has 0 saturated carbocycles. The Kier molecular flexibility index (Phi) is 5.48. The molecule has 3 nitrogen and oxygen atoms in total. The van der Waals surface area contributed by atoms with Gasteiger partial charge in [-0.1, -0.05) is 19.9 Å². The van der Waals surface area contributed by atoms with E-state index in [0.29, 0.717) is 24.2 Å². The zero-order chi connectivity index (χ0) is 14.5. The molecule has 0 fully saturated rings. The topological polar surface area (TPSA) is 55.1 Å². The van der Waals surface area contributed by atoms with Crippen LogP contribution in [0.1, 0.15) is 38.7 Å². The Morgan fingerprint density at radius 2 is 2.05 bits per heavy atom. The van der Waals surface area contributed by atoms with E-state index in [9.17, 15) is 9.18 Å². The smallest absolute Gasteiger partial charge is 0.224 e. The predicted octanol–water partition coefficient (Wildman–Crippen LogP) is 3.23. The Bertz CT molecular complexity index is 444. The molecule has 106 valence electrons. The predicted molar refractivity (Wildman–Crippen MR) is 76.5 cm³/mol. The molecule has 0 unspecified atom stereocenters. The number of amides is 1. The monoisotopic (exact) mass is 266 g/mol. The number of hydrogen-bond acceptors (Lipinski definition) is 2. The molecule has 1 aromatic rings. The maximum atomic E-state index is 13.3. The number of rotatable bonds is 6. The van der Waals surface area contributed by atoms with Crippen molar-refractivity contribution in [2.45, 2.75) is 40.0 Å². The van der Waals surface area contributed by atoms with Crippen LogP contribution in [0.15, 0.2) is 18.2 Å². The zero-order valence-electron chi connectivity index (χ0n) is 11.9. The highest BCUT2D eigenvalue weighted by molar-refractivity contribution is 5.91. The fourth-order valence-corrected chi connectivity index (χ4v) is 1.92. The minimum atomic E-state index is -0.304. The van der Waals surface area contributed by atoms with Crippen LogP contribution in [0, 0.1) is 18.2 Å². The summed E-state index contributed by atoms with van der Waals surface area (Å²) in [6.07, 6.45) is 2.08. The molecule has 0 aromatic heterocycles. The van der Waals surface area contributed by atoms with Crippen LogP contribution in [-0.4, -0.2) is 12.5 Å². The van der Waals surface area contributed by atoms with Crippen LogP contribution in [0.5, 0.6) is 0 Å². The van der Waals surface area contributed by atoms with Crippen molar-refractivity contribution < 1.29 is 9.18 Å². The fourth-order valence-electron chi connectivity index (χ4n) is 1.92. The van der Waals surface area contributed by atoms with Crippen molar-refractivity contribution in [2.75, 3.05) is 11.9 Å². The molecule has 0 heterocycles. The normalized spacial score (nSPS) is 11.4. The lowest BCUT2D eigenvalue weighted by molar-refractivity contribution is -0.116. The van der Waals surface area contributed by atoms with E-state index in [-0.39, 0.29) is 17.1 Å². The molecule has 1 aromatic carbocycles. The Morgan fingerprint density at radius 3 is 2.68 bits per heavy atom. The summed E-state index contributed by atoms with van der Waals surface area (Å²) >= 11 is 0. The highest BCUT2D eigenvalue weighted by atomic mass is 19.1. The molecule has 0 atom stereocenters. The quantitative estimate of drug-likeness (QED) is 0.830. The Labute approximate surface area is 114 Å². The first-order chi connectivity index (χ1) is 8.85. The van der Waals surface area contributed by atoms with Crippen LogP contribution >= 0.6 is 0 Å². The van der Waals surface area contributed by atoms with Crippen LogP contribution in [-0.2, 0) is 4.79 Å². The molecular weight excluding hydrogens is 243 g/mol. The minimum Gasteiger partial charge on any atom is -0.330 e. The van der Waals surface area contributed by atoms with Crippen LogP contribution in [0.25, 0.3) is 0 Å². The molecule has 0 aliphatic rings. The van der Waals surface area contributed by atoms with Gasteiger partial charge in [-0.05, 0) is 43.9 Å². The number of halogens is 1. The van der Waals surface area contributed by atoms with Crippen LogP contribution < -0.4 is 11.1 Å². The molecular formula is C15H23FN2O. The van der Waals surface area contributed by atoms with Gasteiger partial charge in [0.05, 0.1) is 0 Å². The molecule has 0 spiro atoms. The van der Waals surface area contributed by atoms with E-state index in [4.69, 9.17) is 5.73 Å². The van der Waals surface area contributed by atoms with Gasteiger partial charge in [0.2, 0.25) is 5.91 Å². The van der Waals surface area contributed by atoms with Gasteiger partial charge in [0.25, 0.3) is 0 Å². The van der Waals surface area contributed by atoms with E-state index >= 15 is 0 Å². The third-order valence-corrected chi connectivity index (χ3v) is 3.39. The summed E-state index contributed by atoms with van der Waals surface area (Å²) in [7, 11) is 0. The molecule has 3 N–H and O–H groups in total. The van der Waals surface area contributed by atoms with Gasteiger partial charge in [-0.3, -0.25) is 4.79 Å². The molecule has 0 aliphatic heterocycles. The summed E-state index contributed by atoms with van der Waals surface area (Å²) in [6.45, 7) is 6.47. The summed E-state index contributed by atoms with van der Waals surface area (Å²) < 4.78 is 13.3. The number of nitrogens with two attached hydrogens (primary N) is 1. The lowest BCUT2D eigenvalue weighted by Gasteiger charge is -2.23. The molecule has 0 aliphatic carbocycles. The fraction of sp³-hybridized carbons (Fsp3) is 0.533.